The number of hydrogen-bond donors (Lipinski definition) is 4. The molecule has 10 heteroatoms. The van der Waals surface area contributed by atoms with Crippen molar-refractivity contribution in [2.24, 2.45) is 11.7 Å². The maximum Gasteiger partial charge on any atom is 0.410 e. The van der Waals surface area contributed by atoms with E-state index in [2.05, 4.69) is 22.4 Å². The molecule has 0 bridgehead atoms. The van der Waals surface area contributed by atoms with Crippen molar-refractivity contribution in [3.8, 4) is 0 Å². The molecule has 196 valence electrons. The monoisotopic (exact) mass is 500 g/mol. The van der Waals surface area contributed by atoms with Crippen LogP contribution in [0.1, 0.15) is 49.5 Å². The Bertz CT molecular complexity index is 1030. The van der Waals surface area contributed by atoms with Crippen molar-refractivity contribution in [1.29, 1.82) is 0 Å². The second kappa shape index (κ2) is 12.8. The molecular weight excluding hydrogens is 464 g/mol. The Morgan fingerprint density at radius 1 is 1.28 bits per heavy atom. The molecular formula is C26H36N4O6. The molecule has 5 N–H and O–H groups in total. The number of carbonyl (C=O) groups is 4. The SMILES string of the molecule is Cc1c(NC2C=CC(CNC(=O)C3CCN(C(=O)OC(C)(C)C)C3)=CC2)cccc1C(=O)O.NC=O. The highest BCUT2D eigenvalue weighted by Gasteiger charge is 2.33. The van der Waals surface area contributed by atoms with Crippen LogP contribution in [0.2, 0.25) is 0 Å². The van der Waals surface area contributed by atoms with Crippen molar-refractivity contribution in [2.45, 2.75) is 52.2 Å². The first-order chi connectivity index (χ1) is 16.9. The van der Waals surface area contributed by atoms with Gasteiger partial charge in [-0.1, -0.05) is 24.3 Å². The number of ether oxygens (including phenoxy) is 1. The largest absolute Gasteiger partial charge is 0.478 e. The fourth-order valence-corrected chi connectivity index (χ4v) is 3.93. The number of nitrogens with two attached hydrogens (primary N) is 1. The number of carboxylic acid groups (broad SMARTS) is 1. The minimum Gasteiger partial charge on any atom is -0.478 e. The van der Waals surface area contributed by atoms with Crippen LogP contribution in [-0.4, -0.2) is 65.7 Å². The maximum atomic E-state index is 12.6. The second-order valence-electron chi connectivity index (χ2n) is 9.67. The minimum atomic E-state index is -0.940. The number of amides is 3. The van der Waals surface area contributed by atoms with Gasteiger partial charge in [0.25, 0.3) is 0 Å². The van der Waals surface area contributed by atoms with Crippen LogP contribution in [0.3, 0.4) is 0 Å². The summed E-state index contributed by atoms with van der Waals surface area (Å²) in [5.74, 6) is -1.23. The molecule has 1 heterocycles. The molecule has 10 nitrogen and oxygen atoms in total. The Kier molecular flexibility index (Phi) is 10.1. The van der Waals surface area contributed by atoms with Gasteiger partial charge in [0.05, 0.1) is 11.5 Å². The molecule has 1 aromatic carbocycles. The van der Waals surface area contributed by atoms with Crippen molar-refractivity contribution < 1.29 is 29.0 Å². The second-order valence-corrected chi connectivity index (χ2v) is 9.67. The van der Waals surface area contributed by atoms with Gasteiger partial charge in [-0.15, -0.1) is 0 Å². The van der Waals surface area contributed by atoms with Crippen molar-refractivity contribution in [1.82, 2.24) is 10.2 Å². The third-order valence-corrected chi connectivity index (χ3v) is 5.76. The van der Waals surface area contributed by atoms with Gasteiger partial charge in [0.15, 0.2) is 0 Å². The van der Waals surface area contributed by atoms with Crippen LogP contribution in [-0.2, 0) is 14.3 Å². The van der Waals surface area contributed by atoms with E-state index in [9.17, 15) is 19.5 Å². The average molecular weight is 501 g/mol. The van der Waals surface area contributed by atoms with Crippen molar-refractivity contribution in [3.05, 3.63) is 53.1 Å². The molecule has 3 amide bonds. The number of anilines is 1. The molecule has 2 aliphatic rings. The summed E-state index contributed by atoms with van der Waals surface area (Å²) in [6.07, 6.45) is 7.29. The Morgan fingerprint density at radius 2 is 1.97 bits per heavy atom. The predicted molar refractivity (Wildman–Crippen MR) is 137 cm³/mol. The van der Waals surface area contributed by atoms with Gasteiger partial charge in [-0.2, -0.15) is 0 Å². The van der Waals surface area contributed by atoms with E-state index >= 15 is 0 Å². The van der Waals surface area contributed by atoms with Gasteiger partial charge < -0.3 is 31.1 Å². The van der Waals surface area contributed by atoms with E-state index in [0.717, 1.165) is 17.7 Å². The molecule has 0 saturated carbocycles. The molecule has 2 atom stereocenters. The van der Waals surface area contributed by atoms with Crippen molar-refractivity contribution in [3.63, 3.8) is 0 Å². The van der Waals surface area contributed by atoms with Gasteiger partial charge in [0.1, 0.15) is 5.60 Å². The first kappa shape index (κ1) is 28.4. The maximum absolute atomic E-state index is 12.6. The standard InChI is InChI=1S/C25H33N3O5.CH3NO/c1-16-20(23(30)31)6-5-7-21(16)27-19-10-8-17(9-11-19)14-26-22(29)18-12-13-28(15-18)24(32)33-25(2,3)4;2-1-3/h5-10,18-19,27H,11-15H2,1-4H3,(H,26,29)(H,30,31);1H,(H2,2,3). The van der Waals surface area contributed by atoms with Crippen molar-refractivity contribution >= 4 is 30.1 Å². The summed E-state index contributed by atoms with van der Waals surface area (Å²) in [5, 5.41) is 15.6. The topological polar surface area (TPSA) is 151 Å². The zero-order valence-electron chi connectivity index (χ0n) is 21.2. The van der Waals surface area contributed by atoms with E-state index in [1.807, 2.05) is 39.0 Å². The molecule has 1 aromatic rings. The van der Waals surface area contributed by atoms with E-state index < -0.39 is 11.6 Å². The number of carboxylic acids is 1. The molecule has 1 fully saturated rings. The number of likely N-dealkylation sites (tertiary alicyclic amines) is 1. The predicted octanol–water partition coefficient (Wildman–Crippen LogP) is 2.83. The van der Waals surface area contributed by atoms with Crippen LogP contribution in [0.15, 0.2) is 42.0 Å². The molecule has 2 unspecified atom stereocenters. The Morgan fingerprint density at radius 3 is 2.56 bits per heavy atom. The number of carbonyl (C=O) groups excluding carboxylic acids is 3. The van der Waals surface area contributed by atoms with Crippen LogP contribution in [0.4, 0.5) is 10.5 Å². The summed E-state index contributed by atoms with van der Waals surface area (Å²) in [6.45, 7) is 8.59. The lowest BCUT2D eigenvalue weighted by atomic mass is 10.0. The molecule has 1 aliphatic carbocycles. The Labute approximate surface area is 211 Å². The fraction of sp³-hybridized carbons (Fsp3) is 0.462. The highest BCUT2D eigenvalue weighted by Crippen LogP contribution is 2.23. The molecule has 1 saturated heterocycles. The molecule has 1 aliphatic heterocycles. The summed E-state index contributed by atoms with van der Waals surface area (Å²) < 4.78 is 5.39. The quantitative estimate of drug-likeness (QED) is 0.438. The van der Waals surface area contributed by atoms with Gasteiger partial charge in [-0.05, 0) is 63.8 Å². The number of nitrogens with one attached hydrogen (secondary N) is 2. The lowest BCUT2D eigenvalue weighted by molar-refractivity contribution is -0.124. The lowest BCUT2D eigenvalue weighted by Crippen LogP contribution is -2.38. The van der Waals surface area contributed by atoms with E-state index in [-0.39, 0.29) is 35.9 Å². The third-order valence-electron chi connectivity index (χ3n) is 5.76. The third kappa shape index (κ3) is 8.44. The van der Waals surface area contributed by atoms with Gasteiger partial charge in [-0.25, -0.2) is 9.59 Å². The Hall–Kier alpha value is -3.82. The molecule has 0 spiro atoms. The van der Waals surface area contributed by atoms with Gasteiger partial charge in [0, 0.05) is 31.4 Å². The van der Waals surface area contributed by atoms with Gasteiger partial charge >= 0.3 is 12.1 Å². The summed E-state index contributed by atoms with van der Waals surface area (Å²) in [7, 11) is 0. The van der Waals surface area contributed by atoms with Crippen LogP contribution in [0, 0.1) is 12.8 Å². The number of hydrogen-bond acceptors (Lipinski definition) is 6. The number of rotatable bonds is 6. The molecule has 36 heavy (non-hydrogen) atoms. The normalized spacial score (nSPS) is 18.9. The summed E-state index contributed by atoms with van der Waals surface area (Å²) in [4.78, 5) is 46.3. The first-order valence-corrected chi connectivity index (χ1v) is 11.8. The van der Waals surface area contributed by atoms with E-state index in [0.29, 0.717) is 31.6 Å². The van der Waals surface area contributed by atoms with Crippen LogP contribution >= 0.6 is 0 Å². The van der Waals surface area contributed by atoms with Gasteiger partial charge in [0.2, 0.25) is 12.3 Å². The summed E-state index contributed by atoms with van der Waals surface area (Å²) in [5.41, 5.74) is 6.42. The molecule has 0 radical (unpaired) electrons. The van der Waals surface area contributed by atoms with Crippen LogP contribution in [0.5, 0.6) is 0 Å². The van der Waals surface area contributed by atoms with Crippen molar-refractivity contribution in [2.75, 3.05) is 25.0 Å². The number of nitrogens with zero attached hydrogens (tertiary/aromatic N) is 1. The number of primary amides is 1. The summed E-state index contributed by atoms with van der Waals surface area (Å²) >= 11 is 0. The number of benzene rings is 1. The van der Waals surface area contributed by atoms with E-state index in [1.54, 1.807) is 24.0 Å². The first-order valence-electron chi connectivity index (χ1n) is 11.8. The smallest absolute Gasteiger partial charge is 0.410 e. The van der Waals surface area contributed by atoms with Crippen LogP contribution < -0.4 is 16.4 Å². The highest BCUT2D eigenvalue weighted by molar-refractivity contribution is 5.91. The lowest BCUT2D eigenvalue weighted by Gasteiger charge is -2.24. The highest BCUT2D eigenvalue weighted by atomic mass is 16.6. The zero-order chi connectivity index (χ0) is 26.9. The van der Waals surface area contributed by atoms with E-state index in [4.69, 9.17) is 9.53 Å². The van der Waals surface area contributed by atoms with Crippen LogP contribution in [0.25, 0.3) is 0 Å². The number of aromatic carboxylic acids is 1. The average Bonchev–Trinajstić information content (AvgIpc) is 3.30. The zero-order valence-corrected chi connectivity index (χ0v) is 21.2. The fourth-order valence-electron chi connectivity index (χ4n) is 3.93. The molecule has 3 rings (SSSR count). The van der Waals surface area contributed by atoms with Gasteiger partial charge in [-0.3, -0.25) is 9.59 Å². The minimum absolute atomic E-state index is 0.0458. The van der Waals surface area contributed by atoms with E-state index in [1.165, 1.54) is 0 Å². The molecule has 0 aromatic heterocycles. The summed E-state index contributed by atoms with van der Waals surface area (Å²) in [6, 6.07) is 5.24. The Balaban J connectivity index is 0.00000145.